The van der Waals surface area contributed by atoms with Crippen LogP contribution in [-0.4, -0.2) is 16.5 Å². The molecule has 0 aromatic carbocycles. The van der Waals surface area contributed by atoms with E-state index < -0.39 is 5.60 Å². The van der Waals surface area contributed by atoms with Gasteiger partial charge in [-0.2, -0.15) is 0 Å². The summed E-state index contributed by atoms with van der Waals surface area (Å²) in [5, 5.41) is 11.4. The molecule has 21 heavy (non-hydrogen) atoms. The van der Waals surface area contributed by atoms with Gasteiger partial charge in [0.05, 0.1) is 0 Å². The number of allylic oxidation sites excluding steroid dienone is 3. The van der Waals surface area contributed by atoms with Crippen LogP contribution in [0.25, 0.3) is 0 Å². The van der Waals surface area contributed by atoms with Crippen molar-refractivity contribution in [3.8, 4) is 0 Å². The second kappa shape index (κ2) is 4.42. The Morgan fingerprint density at radius 2 is 1.95 bits per heavy atom. The minimum Gasteiger partial charge on any atom is -0.381 e. The third-order valence-corrected chi connectivity index (χ3v) is 5.97. The van der Waals surface area contributed by atoms with Crippen LogP contribution in [0.4, 0.5) is 0 Å². The molecule has 3 rings (SSSR count). The first kappa shape index (κ1) is 14.8. The molecule has 0 amide bonds. The van der Waals surface area contributed by atoms with E-state index in [1.54, 1.807) is 6.08 Å². The molecule has 0 aromatic rings. The maximum absolute atomic E-state index is 12.6. The van der Waals surface area contributed by atoms with Crippen LogP contribution in [-0.2, 0) is 4.79 Å². The van der Waals surface area contributed by atoms with Gasteiger partial charge in [-0.15, -0.1) is 6.58 Å². The number of aliphatic hydroxyl groups is 1. The van der Waals surface area contributed by atoms with Crippen LogP contribution in [0.2, 0.25) is 0 Å². The second-order valence-corrected chi connectivity index (χ2v) is 8.01. The average Bonchev–Trinajstić information content (AvgIpc) is 2.41. The Bertz CT molecular complexity index is 578. The standard InChI is InChI=1S/C19H26O2/c1-5-18(4)10-7-14-13(12-18)15(20)11-16-17(2,3)8-6-9-19(14,16)21/h5,11,21H,1,6-10,12H2,2-4H3/t18-,19-/m0/s1. The van der Waals surface area contributed by atoms with E-state index in [2.05, 4.69) is 27.4 Å². The lowest BCUT2D eigenvalue weighted by molar-refractivity contribution is -0.113. The maximum atomic E-state index is 12.6. The van der Waals surface area contributed by atoms with Gasteiger partial charge >= 0.3 is 0 Å². The van der Waals surface area contributed by atoms with Crippen LogP contribution in [0.5, 0.6) is 0 Å². The molecule has 0 saturated heterocycles. The van der Waals surface area contributed by atoms with Crippen LogP contribution in [0, 0.1) is 10.8 Å². The van der Waals surface area contributed by atoms with Gasteiger partial charge in [-0.25, -0.2) is 0 Å². The number of fused-ring (bicyclic) bond motifs is 2. The molecule has 2 nitrogen and oxygen atoms in total. The zero-order chi connectivity index (χ0) is 15.5. The predicted molar refractivity (Wildman–Crippen MR) is 84.9 cm³/mol. The van der Waals surface area contributed by atoms with Crippen LogP contribution >= 0.6 is 0 Å². The maximum Gasteiger partial charge on any atom is 0.182 e. The molecule has 0 spiro atoms. The molecule has 1 N–H and O–H groups in total. The number of ketones is 1. The summed E-state index contributed by atoms with van der Waals surface area (Å²) in [4.78, 5) is 12.6. The van der Waals surface area contributed by atoms with E-state index in [1.165, 1.54) is 0 Å². The van der Waals surface area contributed by atoms with Gasteiger partial charge < -0.3 is 5.11 Å². The molecule has 0 aromatic heterocycles. The Labute approximate surface area is 127 Å². The third kappa shape index (κ3) is 2.07. The van der Waals surface area contributed by atoms with E-state index in [1.807, 2.05) is 6.08 Å². The highest BCUT2D eigenvalue weighted by Gasteiger charge is 2.51. The van der Waals surface area contributed by atoms with Crippen molar-refractivity contribution in [2.24, 2.45) is 10.8 Å². The summed E-state index contributed by atoms with van der Waals surface area (Å²) < 4.78 is 0. The summed E-state index contributed by atoms with van der Waals surface area (Å²) in [5.74, 6) is 0.118. The quantitative estimate of drug-likeness (QED) is 0.737. The SMILES string of the molecule is C=C[C@@]1(C)CCC2=C(C1)C(=O)C=C1C(C)(C)CCC[C@@]12O. The molecule has 0 aliphatic heterocycles. The smallest absolute Gasteiger partial charge is 0.182 e. The highest BCUT2D eigenvalue weighted by atomic mass is 16.3. The number of carbonyl (C=O) groups excluding carboxylic acids is 1. The summed E-state index contributed by atoms with van der Waals surface area (Å²) in [6, 6.07) is 0. The molecule has 1 saturated carbocycles. The van der Waals surface area contributed by atoms with Gasteiger partial charge in [-0.05, 0) is 66.6 Å². The van der Waals surface area contributed by atoms with Crippen LogP contribution in [0.1, 0.15) is 59.3 Å². The van der Waals surface area contributed by atoms with Gasteiger partial charge in [0.15, 0.2) is 5.78 Å². The van der Waals surface area contributed by atoms with Gasteiger partial charge in [-0.3, -0.25) is 4.79 Å². The van der Waals surface area contributed by atoms with E-state index >= 15 is 0 Å². The third-order valence-electron chi connectivity index (χ3n) is 5.97. The monoisotopic (exact) mass is 286 g/mol. The Balaban J connectivity index is 2.10. The number of hydrogen-bond acceptors (Lipinski definition) is 2. The summed E-state index contributed by atoms with van der Waals surface area (Å²) >= 11 is 0. The van der Waals surface area contributed by atoms with E-state index in [4.69, 9.17) is 0 Å². The molecule has 114 valence electrons. The van der Waals surface area contributed by atoms with Crippen LogP contribution in [0.3, 0.4) is 0 Å². The van der Waals surface area contributed by atoms with Gasteiger partial charge in [-0.1, -0.05) is 26.8 Å². The van der Waals surface area contributed by atoms with Crippen molar-refractivity contribution < 1.29 is 9.90 Å². The highest BCUT2D eigenvalue weighted by molar-refractivity contribution is 6.07. The Kier molecular flexibility index (Phi) is 3.11. The first-order chi connectivity index (χ1) is 9.72. The molecule has 0 bridgehead atoms. The first-order valence-electron chi connectivity index (χ1n) is 8.07. The van der Waals surface area contributed by atoms with E-state index in [0.29, 0.717) is 0 Å². The molecule has 1 fully saturated rings. The fourth-order valence-electron chi connectivity index (χ4n) is 4.49. The normalized spacial score (nSPS) is 38.5. The average molecular weight is 286 g/mol. The molecule has 3 aliphatic rings. The summed E-state index contributed by atoms with van der Waals surface area (Å²) in [5.41, 5.74) is 1.85. The molecule has 2 heteroatoms. The molecule has 3 aliphatic carbocycles. The molecule has 2 atom stereocenters. The van der Waals surface area contributed by atoms with Crippen molar-refractivity contribution in [1.82, 2.24) is 0 Å². The largest absolute Gasteiger partial charge is 0.381 e. The van der Waals surface area contributed by atoms with Crippen molar-refractivity contribution in [2.45, 2.75) is 64.9 Å². The molecule has 0 heterocycles. The summed E-state index contributed by atoms with van der Waals surface area (Å²) in [6.45, 7) is 10.4. The zero-order valence-electron chi connectivity index (χ0n) is 13.5. The topological polar surface area (TPSA) is 37.3 Å². The lowest BCUT2D eigenvalue weighted by atomic mass is 9.56. The molecular formula is C19H26O2. The van der Waals surface area contributed by atoms with Crippen molar-refractivity contribution in [2.75, 3.05) is 0 Å². The molecule has 0 unspecified atom stereocenters. The van der Waals surface area contributed by atoms with Crippen LogP contribution in [0.15, 0.2) is 35.5 Å². The zero-order valence-corrected chi connectivity index (χ0v) is 13.5. The second-order valence-electron chi connectivity index (χ2n) is 8.01. The number of hydrogen-bond donors (Lipinski definition) is 1. The minimum absolute atomic E-state index is 0.0135. The van der Waals surface area contributed by atoms with Crippen LogP contribution < -0.4 is 0 Å². The highest BCUT2D eigenvalue weighted by Crippen LogP contribution is 2.55. The van der Waals surface area contributed by atoms with Crippen molar-refractivity contribution in [1.29, 1.82) is 0 Å². The van der Waals surface area contributed by atoms with Gasteiger partial charge in [0.25, 0.3) is 0 Å². The van der Waals surface area contributed by atoms with E-state index in [-0.39, 0.29) is 16.6 Å². The fraction of sp³-hybridized carbons (Fsp3) is 0.632. The molecular weight excluding hydrogens is 260 g/mol. The Morgan fingerprint density at radius 3 is 2.62 bits per heavy atom. The first-order valence-corrected chi connectivity index (χ1v) is 8.07. The van der Waals surface area contributed by atoms with Gasteiger partial charge in [0.2, 0.25) is 0 Å². The number of carbonyl (C=O) groups is 1. The Morgan fingerprint density at radius 1 is 1.24 bits per heavy atom. The summed E-state index contributed by atoms with van der Waals surface area (Å²) in [6.07, 6.45) is 9.04. The fourth-order valence-corrected chi connectivity index (χ4v) is 4.49. The van der Waals surface area contributed by atoms with Crippen molar-refractivity contribution in [3.63, 3.8) is 0 Å². The predicted octanol–water partition coefficient (Wildman–Crippen LogP) is 4.11. The van der Waals surface area contributed by atoms with Gasteiger partial charge in [0, 0.05) is 5.57 Å². The van der Waals surface area contributed by atoms with Gasteiger partial charge in [0.1, 0.15) is 5.60 Å². The minimum atomic E-state index is -0.868. The lowest BCUT2D eigenvalue weighted by Gasteiger charge is -2.50. The molecule has 0 radical (unpaired) electrons. The van der Waals surface area contributed by atoms with E-state index in [9.17, 15) is 9.90 Å². The lowest BCUT2D eigenvalue weighted by Crippen LogP contribution is -2.48. The summed E-state index contributed by atoms with van der Waals surface area (Å²) in [7, 11) is 0. The van der Waals surface area contributed by atoms with E-state index in [0.717, 1.165) is 55.2 Å². The Hall–Kier alpha value is -1.15. The van der Waals surface area contributed by atoms with Crippen molar-refractivity contribution in [3.05, 3.63) is 35.5 Å². The number of rotatable bonds is 1. The van der Waals surface area contributed by atoms with Crippen molar-refractivity contribution >= 4 is 5.78 Å².